The topological polar surface area (TPSA) is 70.0 Å². The Morgan fingerprint density at radius 3 is 2.13 bits per heavy atom. The standard InChI is InChI=1S/C13H19NO2.C9H11NOS.CH4S/c1-3-8-14(9-4-2)12-7-5-6-11(10-12)13(15)16;1-6(2)10-8-4-5-12-9(8)7(3)11;1-2/h5-7,10H,3-4,8-9H2,1-2H3,(H,15,16);4-5H,1-3H3;2H,1H3. The van der Waals surface area contributed by atoms with Crippen molar-refractivity contribution in [2.75, 3.05) is 24.2 Å². The fraction of sp³-hybridized carbons (Fsp3) is 0.435. The third kappa shape index (κ3) is 10.1. The van der Waals surface area contributed by atoms with Crippen molar-refractivity contribution in [3.8, 4) is 0 Å². The minimum absolute atomic E-state index is 0.0880. The van der Waals surface area contributed by atoms with Crippen LogP contribution in [0.2, 0.25) is 0 Å². The Labute approximate surface area is 190 Å². The Morgan fingerprint density at radius 1 is 1.07 bits per heavy atom. The summed E-state index contributed by atoms with van der Waals surface area (Å²) < 4.78 is 0. The molecule has 1 aromatic carbocycles. The maximum absolute atomic E-state index is 11.0. The van der Waals surface area contributed by atoms with E-state index in [4.69, 9.17) is 5.11 Å². The first kappa shape index (κ1) is 27.9. The minimum atomic E-state index is -0.866. The second-order valence-electron chi connectivity index (χ2n) is 6.59. The van der Waals surface area contributed by atoms with Gasteiger partial charge in [0, 0.05) is 31.4 Å². The van der Waals surface area contributed by atoms with Crippen LogP contribution in [0.5, 0.6) is 0 Å². The van der Waals surface area contributed by atoms with E-state index in [9.17, 15) is 9.59 Å². The molecule has 0 fully saturated rings. The molecule has 0 saturated carbocycles. The number of carboxylic acid groups (broad SMARTS) is 1. The second-order valence-corrected chi connectivity index (χ2v) is 7.51. The molecule has 0 aliphatic carbocycles. The van der Waals surface area contributed by atoms with Crippen molar-refractivity contribution in [2.45, 2.75) is 47.5 Å². The number of ketones is 1. The molecule has 2 aromatic rings. The Bertz CT molecular complexity index is 806. The zero-order valence-electron chi connectivity index (χ0n) is 18.8. The first-order valence-corrected chi connectivity index (χ1v) is 11.7. The number of nitrogens with zero attached hydrogens (tertiary/aromatic N) is 2. The number of carbonyl (C=O) groups is 2. The van der Waals surface area contributed by atoms with Crippen molar-refractivity contribution < 1.29 is 14.7 Å². The van der Waals surface area contributed by atoms with Crippen LogP contribution in [0.15, 0.2) is 40.7 Å². The molecule has 0 unspecified atom stereocenters. The lowest BCUT2D eigenvalue weighted by Crippen LogP contribution is -2.25. The summed E-state index contributed by atoms with van der Waals surface area (Å²) in [6.45, 7) is 11.6. The van der Waals surface area contributed by atoms with Gasteiger partial charge in [0.2, 0.25) is 0 Å². The van der Waals surface area contributed by atoms with E-state index in [-0.39, 0.29) is 5.78 Å². The van der Waals surface area contributed by atoms with Gasteiger partial charge in [-0.05, 0) is 62.6 Å². The minimum Gasteiger partial charge on any atom is -0.478 e. The van der Waals surface area contributed by atoms with Crippen molar-refractivity contribution in [3.05, 3.63) is 46.2 Å². The quantitative estimate of drug-likeness (QED) is 0.269. The lowest BCUT2D eigenvalue weighted by molar-refractivity contribution is 0.0696. The van der Waals surface area contributed by atoms with E-state index in [1.807, 2.05) is 31.4 Å². The van der Waals surface area contributed by atoms with E-state index in [0.29, 0.717) is 5.56 Å². The maximum Gasteiger partial charge on any atom is 0.335 e. The summed E-state index contributed by atoms with van der Waals surface area (Å²) in [6, 6.07) is 9.01. The molecular weight excluding hydrogens is 416 g/mol. The predicted octanol–water partition coefficient (Wildman–Crippen LogP) is 6.62. The van der Waals surface area contributed by atoms with Gasteiger partial charge in [-0.25, -0.2) is 4.79 Å². The third-order valence-electron chi connectivity index (χ3n) is 3.75. The molecule has 0 spiro atoms. The van der Waals surface area contributed by atoms with Gasteiger partial charge in [0.15, 0.2) is 5.78 Å². The number of Topliss-reactive ketones (excluding diaryl/α,β-unsaturated/α-hetero) is 1. The molecule has 0 saturated heterocycles. The zero-order chi connectivity index (χ0) is 23.1. The molecule has 1 heterocycles. The van der Waals surface area contributed by atoms with Crippen molar-refractivity contribution in [1.82, 2.24) is 0 Å². The molecule has 0 aliphatic rings. The van der Waals surface area contributed by atoms with Crippen LogP contribution in [0, 0.1) is 0 Å². The SMILES string of the molecule is CC(=O)c1sccc1N=C(C)C.CCCN(CCC)c1cccc(C(=O)O)c1.CS. The molecular formula is C23H34N2O3S2. The summed E-state index contributed by atoms with van der Waals surface area (Å²) in [5, 5.41) is 10.8. The summed E-state index contributed by atoms with van der Waals surface area (Å²) in [4.78, 5) is 29.1. The van der Waals surface area contributed by atoms with Crippen molar-refractivity contribution in [1.29, 1.82) is 0 Å². The summed E-state index contributed by atoms with van der Waals surface area (Å²) in [5.41, 5.74) is 3.13. The number of carboxylic acids is 1. The Morgan fingerprint density at radius 2 is 1.67 bits per heavy atom. The fourth-order valence-electron chi connectivity index (χ4n) is 2.64. The van der Waals surface area contributed by atoms with E-state index < -0.39 is 5.97 Å². The van der Waals surface area contributed by atoms with Gasteiger partial charge in [-0.15, -0.1) is 11.3 Å². The molecule has 5 nitrogen and oxygen atoms in total. The molecule has 0 aliphatic heterocycles. The number of rotatable bonds is 8. The summed E-state index contributed by atoms with van der Waals surface area (Å²) in [6.07, 6.45) is 3.83. The van der Waals surface area contributed by atoms with Gasteiger partial charge in [0.1, 0.15) is 0 Å². The Balaban J connectivity index is 0.000000535. The van der Waals surface area contributed by atoms with Crippen LogP contribution in [0.3, 0.4) is 0 Å². The molecule has 2 rings (SSSR count). The van der Waals surface area contributed by atoms with E-state index in [0.717, 1.165) is 47.9 Å². The van der Waals surface area contributed by atoms with Crippen molar-refractivity contribution in [2.24, 2.45) is 4.99 Å². The van der Waals surface area contributed by atoms with Crippen molar-refractivity contribution in [3.63, 3.8) is 0 Å². The summed E-state index contributed by atoms with van der Waals surface area (Å²) >= 11 is 4.97. The Kier molecular flexibility index (Phi) is 14.6. The van der Waals surface area contributed by atoms with Gasteiger partial charge in [-0.2, -0.15) is 12.6 Å². The molecule has 0 bridgehead atoms. The number of hydrogen-bond acceptors (Lipinski definition) is 6. The molecule has 30 heavy (non-hydrogen) atoms. The largest absolute Gasteiger partial charge is 0.478 e. The second kappa shape index (κ2) is 15.7. The lowest BCUT2D eigenvalue weighted by atomic mass is 10.2. The summed E-state index contributed by atoms with van der Waals surface area (Å²) in [7, 11) is 0. The number of aromatic carboxylic acids is 1. The number of anilines is 1. The molecule has 166 valence electrons. The van der Waals surface area contributed by atoms with Crippen LogP contribution in [0.4, 0.5) is 11.4 Å². The van der Waals surface area contributed by atoms with Crippen LogP contribution in [-0.4, -0.2) is 41.9 Å². The van der Waals surface area contributed by atoms with Crippen LogP contribution in [0.1, 0.15) is 67.5 Å². The predicted molar refractivity (Wildman–Crippen MR) is 134 cm³/mol. The van der Waals surface area contributed by atoms with E-state index in [1.165, 1.54) is 11.3 Å². The Hall–Kier alpha value is -2.12. The molecule has 0 atom stereocenters. The van der Waals surface area contributed by atoms with E-state index in [2.05, 4.69) is 36.4 Å². The number of carbonyl (C=O) groups excluding carboxylic acids is 1. The van der Waals surface area contributed by atoms with Gasteiger partial charge >= 0.3 is 5.97 Å². The van der Waals surface area contributed by atoms with E-state index in [1.54, 1.807) is 31.4 Å². The number of hydrogen-bond donors (Lipinski definition) is 2. The number of thiophene rings is 1. The van der Waals surface area contributed by atoms with Gasteiger partial charge in [0.25, 0.3) is 0 Å². The fourth-order valence-corrected chi connectivity index (χ4v) is 3.37. The zero-order valence-corrected chi connectivity index (χ0v) is 20.5. The van der Waals surface area contributed by atoms with Crippen molar-refractivity contribution >= 4 is 52.8 Å². The highest BCUT2D eigenvalue weighted by Crippen LogP contribution is 2.25. The molecule has 7 heteroatoms. The van der Waals surface area contributed by atoms with E-state index >= 15 is 0 Å². The van der Waals surface area contributed by atoms with Crippen LogP contribution in [0.25, 0.3) is 0 Å². The highest BCUT2D eigenvalue weighted by Gasteiger charge is 2.08. The van der Waals surface area contributed by atoms with Crippen LogP contribution >= 0.6 is 24.0 Å². The highest BCUT2D eigenvalue weighted by atomic mass is 32.1. The third-order valence-corrected chi connectivity index (χ3v) is 4.76. The first-order valence-electron chi connectivity index (χ1n) is 9.93. The van der Waals surface area contributed by atoms with Crippen LogP contribution in [-0.2, 0) is 0 Å². The smallest absolute Gasteiger partial charge is 0.335 e. The lowest BCUT2D eigenvalue weighted by Gasteiger charge is -2.23. The van der Waals surface area contributed by atoms with Gasteiger partial charge in [-0.1, -0.05) is 19.9 Å². The summed E-state index contributed by atoms with van der Waals surface area (Å²) in [5.74, 6) is -0.778. The molecule has 0 amide bonds. The number of benzene rings is 1. The molecule has 1 N–H and O–H groups in total. The first-order chi connectivity index (χ1) is 14.3. The number of aliphatic imine (C=N–C) groups is 1. The number of thiol groups is 1. The van der Waals surface area contributed by atoms with Crippen LogP contribution < -0.4 is 4.90 Å². The van der Waals surface area contributed by atoms with Gasteiger partial charge in [0.05, 0.1) is 16.1 Å². The highest BCUT2D eigenvalue weighted by molar-refractivity contribution is 7.79. The maximum atomic E-state index is 11.0. The average Bonchev–Trinajstić information content (AvgIpc) is 3.18. The molecule has 1 aromatic heterocycles. The monoisotopic (exact) mass is 450 g/mol. The molecule has 0 radical (unpaired) electrons. The van der Waals surface area contributed by atoms with Gasteiger partial charge < -0.3 is 10.0 Å². The normalized spacial score (nSPS) is 9.43. The average molecular weight is 451 g/mol. The van der Waals surface area contributed by atoms with Gasteiger partial charge in [-0.3, -0.25) is 9.79 Å².